The van der Waals surface area contributed by atoms with Crippen molar-refractivity contribution in [2.45, 2.75) is 59.8 Å². The van der Waals surface area contributed by atoms with Gasteiger partial charge in [-0.15, -0.1) is 0 Å². The van der Waals surface area contributed by atoms with Crippen molar-refractivity contribution in [2.24, 2.45) is 5.92 Å². The molecule has 0 amide bonds. The molecule has 0 bridgehead atoms. The molecule has 2 aromatic rings. The van der Waals surface area contributed by atoms with Gasteiger partial charge in [-0.05, 0) is 64.1 Å². The third kappa shape index (κ3) is 3.96. The van der Waals surface area contributed by atoms with E-state index >= 15 is 0 Å². The molecule has 0 unspecified atom stereocenters. The van der Waals surface area contributed by atoms with Gasteiger partial charge < -0.3 is 5.11 Å². The molecule has 1 N–H and O–H groups in total. The van der Waals surface area contributed by atoms with E-state index in [0.717, 1.165) is 6.42 Å². The van der Waals surface area contributed by atoms with Crippen molar-refractivity contribution in [1.82, 2.24) is 0 Å². The average molecular weight is 310 g/mol. The summed E-state index contributed by atoms with van der Waals surface area (Å²) < 4.78 is 0. The molecule has 0 heterocycles. The Balaban J connectivity index is 2.75. The molecule has 0 aliphatic carbocycles. The van der Waals surface area contributed by atoms with Crippen LogP contribution in [0.5, 0.6) is 5.75 Å². The monoisotopic (exact) mass is 310 g/mol. The Morgan fingerprint density at radius 3 is 1.87 bits per heavy atom. The van der Waals surface area contributed by atoms with Gasteiger partial charge in [0.2, 0.25) is 0 Å². The third-order valence-electron chi connectivity index (χ3n) is 4.36. The maximum atomic E-state index is 9.95. The highest BCUT2D eigenvalue weighted by molar-refractivity contribution is 5.76. The number of hydrogen-bond acceptors (Lipinski definition) is 1. The SMILES string of the molecule is CC(C)Cc1cc(O)ccc1-c1c(C(C)C)cccc1C(C)C. The second-order valence-corrected chi connectivity index (χ2v) is 7.56. The van der Waals surface area contributed by atoms with Gasteiger partial charge in [-0.1, -0.05) is 65.8 Å². The van der Waals surface area contributed by atoms with E-state index in [1.54, 1.807) is 0 Å². The van der Waals surface area contributed by atoms with Crippen molar-refractivity contribution in [3.8, 4) is 16.9 Å². The predicted octanol–water partition coefficient (Wildman–Crippen LogP) is 6.50. The fourth-order valence-electron chi connectivity index (χ4n) is 3.29. The standard InChI is InChI=1S/C22H30O/c1-14(2)12-17-13-18(23)10-11-21(17)22-19(15(3)4)8-7-9-20(22)16(5)6/h7-11,13-16,23H,12H2,1-6H3. The first-order valence-electron chi connectivity index (χ1n) is 8.76. The highest BCUT2D eigenvalue weighted by atomic mass is 16.3. The molecular weight excluding hydrogens is 280 g/mol. The van der Waals surface area contributed by atoms with Crippen molar-refractivity contribution in [1.29, 1.82) is 0 Å². The van der Waals surface area contributed by atoms with Gasteiger partial charge in [0.25, 0.3) is 0 Å². The third-order valence-corrected chi connectivity index (χ3v) is 4.36. The maximum Gasteiger partial charge on any atom is 0.115 e. The summed E-state index contributed by atoms with van der Waals surface area (Å²) in [5.41, 5.74) is 6.69. The molecule has 0 fully saturated rings. The number of benzene rings is 2. The largest absolute Gasteiger partial charge is 0.508 e. The Morgan fingerprint density at radius 1 is 0.826 bits per heavy atom. The van der Waals surface area contributed by atoms with Crippen LogP contribution in [0.2, 0.25) is 0 Å². The van der Waals surface area contributed by atoms with Crippen LogP contribution in [0, 0.1) is 5.92 Å². The van der Waals surface area contributed by atoms with Crippen LogP contribution in [0.3, 0.4) is 0 Å². The van der Waals surface area contributed by atoms with Crippen molar-refractivity contribution in [3.63, 3.8) is 0 Å². The summed E-state index contributed by atoms with van der Waals surface area (Å²) >= 11 is 0. The number of phenols is 1. The van der Waals surface area contributed by atoms with Gasteiger partial charge in [0.05, 0.1) is 0 Å². The van der Waals surface area contributed by atoms with Gasteiger partial charge in [-0.2, -0.15) is 0 Å². The van der Waals surface area contributed by atoms with E-state index in [4.69, 9.17) is 0 Å². The van der Waals surface area contributed by atoms with Crippen molar-refractivity contribution in [2.75, 3.05) is 0 Å². The highest BCUT2D eigenvalue weighted by Crippen LogP contribution is 2.39. The lowest BCUT2D eigenvalue weighted by Gasteiger charge is -2.22. The Bertz CT molecular complexity index is 639. The van der Waals surface area contributed by atoms with Gasteiger partial charge in [-0.3, -0.25) is 0 Å². The zero-order chi connectivity index (χ0) is 17.1. The zero-order valence-corrected chi connectivity index (χ0v) is 15.4. The van der Waals surface area contributed by atoms with E-state index in [0.29, 0.717) is 23.5 Å². The van der Waals surface area contributed by atoms with Gasteiger partial charge in [0.1, 0.15) is 5.75 Å². The molecule has 124 valence electrons. The molecule has 0 aliphatic rings. The molecule has 0 spiro atoms. The van der Waals surface area contributed by atoms with E-state index < -0.39 is 0 Å². The van der Waals surface area contributed by atoms with Gasteiger partial charge in [0, 0.05) is 0 Å². The molecule has 0 aliphatic heterocycles. The average Bonchev–Trinajstić information content (AvgIpc) is 2.46. The van der Waals surface area contributed by atoms with Crippen LogP contribution in [0.25, 0.3) is 11.1 Å². The molecule has 0 atom stereocenters. The summed E-state index contributed by atoms with van der Waals surface area (Å²) in [6, 6.07) is 12.5. The molecule has 2 rings (SSSR count). The number of aromatic hydroxyl groups is 1. The summed E-state index contributed by atoms with van der Waals surface area (Å²) in [5, 5.41) is 9.95. The van der Waals surface area contributed by atoms with Gasteiger partial charge in [0.15, 0.2) is 0 Å². The number of hydrogen-bond donors (Lipinski definition) is 1. The summed E-state index contributed by atoms with van der Waals surface area (Å²) in [5.74, 6) is 1.87. The molecule has 0 saturated carbocycles. The first-order chi connectivity index (χ1) is 10.8. The second-order valence-electron chi connectivity index (χ2n) is 7.56. The molecule has 0 radical (unpaired) electrons. The fourth-order valence-corrected chi connectivity index (χ4v) is 3.29. The Kier molecular flexibility index (Phi) is 5.51. The summed E-state index contributed by atoms with van der Waals surface area (Å²) in [6.45, 7) is 13.5. The summed E-state index contributed by atoms with van der Waals surface area (Å²) in [6.07, 6.45) is 0.980. The molecule has 2 aromatic carbocycles. The smallest absolute Gasteiger partial charge is 0.115 e. The van der Waals surface area contributed by atoms with Crippen LogP contribution in [-0.2, 0) is 6.42 Å². The first kappa shape index (κ1) is 17.6. The molecule has 0 saturated heterocycles. The Hall–Kier alpha value is -1.76. The van der Waals surface area contributed by atoms with Crippen molar-refractivity contribution < 1.29 is 5.11 Å². The topological polar surface area (TPSA) is 20.2 Å². The van der Waals surface area contributed by atoms with Crippen LogP contribution >= 0.6 is 0 Å². The van der Waals surface area contributed by atoms with E-state index in [1.165, 1.54) is 27.8 Å². The fraction of sp³-hybridized carbons (Fsp3) is 0.455. The van der Waals surface area contributed by atoms with Crippen molar-refractivity contribution >= 4 is 0 Å². The Morgan fingerprint density at radius 2 is 1.39 bits per heavy atom. The number of phenolic OH excluding ortho intramolecular Hbond substituents is 1. The summed E-state index contributed by atoms with van der Waals surface area (Å²) in [4.78, 5) is 0. The first-order valence-corrected chi connectivity index (χ1v) is 8.76. The van der Waals surface area contributed by atoms with Crippen LogP contribution < -0.4 is 0 Å². The second kappa shape index (κ2) is 7.21. The van der Waals surface area contributed by atoms with Gasteiger partial charge in [-0.25, -0.2) is 0 Å². The van der Waals surface area contributed by atoms with Crippen LogP contribution in [-0.4, -0.2) is 5.11 Å². The highest BCUT2D eigenvalue weighted by Gasteiger charge is 2.18. The lowest BCUT2D eigenvalue weighted by atomic mass is 9.82. The van der Waals surface area contributed by atoms with E-state index in [9.17, 15) is 5.11 Å². The minimum atomic E-state index is 0.359. The minimum absolute atomic E-state index is 0.359. The molecular formula is C22H30O. The molecule has 1 heteroatoms. The molecule has 23 heavy (non-hydrogen) atoms. The minimum Gasteiger partial charge on any atom is -0.508 e. The zero-order valence-electron chi connectivity index (χ0n) is 15.4. The Labute approximate surface area is 141 Å². The normalized spacial score (nSPS) is 11.7. The van der Waals surface area contributed by atoms with Crippen LogP contribution in [0.15, 0.2) is 36.4 Å². The number of rotatable bonds is 5. The van der Waals surface area contributed by atoms with Crippen LogP contribution in [0.4, 0.5) is 0 Å². The molecule has 0 aromatic heterocycles. The van der Waals surface area contributed by atoms with Gasteiger partial charge >= 0.3 is 0 Å². The van der Waals surface area contributed by atoms with Crippen molar-refractivity contribution in [3.05, 3.63) is 53.1 Å². The van der Waals surface area contributed by atoms with E-state index in [-0.39, 0.29) is 0 Å². The van der Waals surface area contributed by atoms with Crippen LogP contribution in [0.1, 0.15) is 70.1 Å². The lowest BCUT2D eigenvalue weighted by molar-refractivity contribution is 0.474. The summed E-state index contributed by atoms with van der Waals surface area (Å²) in [7, 11) is 0. The predicted molar refractivity (Wildman–Crippen MR) is 100 cm³/mol. The van der Waals surface area contributed by atoms with E-state index in [2.05, 4.69) is 65.8 Å². The van der Waals surface area contributed by atoms with E-state index in [1.807, 2.05) is 12.1 Å². The molecule has 1 nitrogen and oxygen atoms in total. The lowest BCUT2D eigenvalue weighted by Crippen LogP contribution is -2.03. The maximum absolute atomic E-state index is 9.95. The quantitative estimate of drug-likeness (QED) is 0.668.